The molecule has 1 N–H and O–H groups in total. The molecule has 0 saturated carbocycles. The summed E-state index contributed by atoms with van der Waals surface area (Å²) in [4.78, 5) is 0.199. The minimum absolute atomic E-state index is 0.199. The quantitative estimate of drug-likeness (QED) is 0.856. The minimum atomic E-state index is -3.59. The first-order valence-electron chi connectivity index (χ1n) is 5.81. The molecule has 0 atom stereocenters. The number of hydrogen-bond donors (Lipinski definition) is 1. The monoisotopic (exact) mass is 359 g/mol. The van der Waals surface area contributed by atoms with Gasteiger partial charge in [-0.15, -0.1) is 0 Å². The van der Waals surface area contributed by atoms with Gasteiger partial charge >= 0.3 is 0 Å². The molecule has 1 aromatic heterocycles. The van der Waals surface area contributed by atoms with Crippen LogP contribution < -0.4 is 4.72 Å². The number of aromatic nitrogens is 2. The van der Waals surface area contributed by atoms with Crippen LogP contribution in [0.15, 0.2) is 46.0 Å². The highest BCUT2D eigenvalue weighted by molar-refractivity contribution is 9.10. The van der Waals surface area contributed by atoms with Crippen molar-refractivity contribution >= 4 is 31.6 Å². The average molecular weight is 360 g/mol. The zero-order valence-electron chi connectivity index (χ0n) is 10.8. The van der Waals surface area contributed by atoms with Crippen molar-refractivity contribution in [2.45, 2.75) is 11.4 Å². The summed E-state index contributed by atoms with van der Waals surface area (Å²) in [6.07, 6.45) is 3.08. The summed E-state index contributed by atoms with van der Waals surface area (Å²) < 4.78 is 34.1. The molecule has 6 nitrogen and oxygen atoms in total. The Bertz CT molecular complexity index is 668. The van der Waals surface area contributed by atoms with Crippen molar-refractivity contribution in [3.8, 4) is 0 Å². The smallest absolute Gasteiger partial charge is 0.261 e. The number of halogens is 1. The first kappa shape index (κ1) is 15.0. The molecular formula is C12H14BrN3O3S. The van der Waals surface area contributed by atoms with Gasteiger partial charge in [0, 0.05) is 17.8 Å². The average Bonchev–Trinajstić information content (AvgIpc) is 2.83. The number of methoxy groups -OCH3 is 1. The van der Waals surface area contributed by atoms with E-state index in [1.165, 1.54) is 18.3 Å². The lowest BCUT2D eigenvalue weighted by Crippen LogP contribution is -2.12. The van der Waals surface area contributed by atoms with Gasteiger partial charge in [-0.3, -0.25) is 9.40 Å². The lowest BCUT2D eigenvalue weighted by molar-refractivity contribution is 0.183. The first-order chi connectivity index (χ1) is 9.51. The number of sulfonamides is 1. The van der Waals surface area contributed by atoms with Crippen molar-refractivity contribution in [2.75, 3.05) is 18.4 Å². The molecule has 2 rings (SSSR count). The third-order valence-electron chi connectivity index (χ3n) is 2.53. The van der Waals surface area contributed by atoms with Gasteiger partial charge in [-0.1, -0.05) is 15.9 Å². The summed E-state index contributed by atoms with van der Waals surface area (Å²) in [6.45, 7) is 1.08. The first-order valence-corrected chi connectivity index (χ1v) is 8.08. The van der Waals surface area contributed by atoms with Gasteiger partial charge in [0.05, 0.1) is 29.9 Å². The Hall–Kier alpha value is -1.38. The van der Waals surface area contributed by atoms with Gasteiger partial charge in [-0.05, 0) is 24.3 Å². The van der Waals surface area contributed by atoms with Crippen LogP contribution in [0.3, 0.4) is 0 Å². The largest absolute Gasteiger partial charge is 0.383 e. The number of ether oxygens (including phenoxy) is 1. The molecule has 20 heavy (non-hydrogen) atoms. The van der Waals surface area contributed by atoms with E-state index in [-0.39, 0.29) is 4.90 Å². The third kappa shape index (κ3) is 3.81. The summed E-state index contributed by atoms with van der Waals surface area (Å²) >= 11 is 3.27. The molecular weight excluding hydrogens is 346 g/mol. The van der Waals surface area contributed by atoms with Crippen LogP contribution in [0.2, 0.25) is 0 Å². The summed E-state index contributed by atoms with van der Waals surface area (Å²) in [5.41, 5.74) is 0.420. The number of nitrogens with one attached hydrogen (secondary N) is 1. The normalized spacial score (nSPS) is 11.5. The van der Waals surface area contributed by atoms with Gasteiger partial charge in [0.25, 0.3) is 10.0 Å². The molecule has 0 radical (unpaired) electrons. The van der Waals surface area contributed by atoms with Gasteiger partial charge in [-0.2, -0.15) is 5.10 Å². The molecule has 0 aliphatic heterocycles. The lowest BCUT2D eigenvalue weighted by atomic mass is 10.4. The number of anilines is 1. The molecule has 0 saturated heterocycles. The highest BCUT2D eigenvalue weighted by atomic mass is 79.9. The van der Waals surface area contributed by atoms with E-state index in [2.05, 4.69) is 25.8 Å². The molecule has 0 amide bonds. The van der Waals surface area contributed by atoms with Crippen LogP contribution in [0.5, 0.6) is 0 Å². The summed E-state index contributed by atoms with van der Waals surface area (Å²) in [7, 11) is -1.99. The van der Waals surface area contributed by atoms with E-state index in [1.807, 2.05) is 0 Å². The summed E-state index contributed by atoms with van der Waals surface area (Å²) in [5, 5.41) is 4.05. The van der Waals surface area contributed by atoms with Crippen molar-refractivity contribution in [2.24, 2.45) is 0 Å². The van der Waals surface area contributed by atoms with Crippen LogP contribution in [-0.2, 0) is 21.3 Å². The van der Waals surface area contributed by atoms with Crippen LogP contribution >= 0.6 is 15.9 Å². The highest BCUT2D eigenvalue weighted by Crippen LogP contribution is 2.18. The molecule has 0 unspecified atom stereocenters. The predicted octanol–water partition coefficient (Wildman–Crippen LogP) is 2.09. The maximum Gasteiger partial charge on any atom is 0.261 e. The molecule has 0 bridgehead atoms. The molecule has 0 fully saturated rings. The Balaban J connectivity index is 2.12. The van der Waals surface area contributed by atoms with Crippen molar-refractivity contribution < 1.29 is 13.2 Å². The standard InChI is InChI=1S/C12H14BrN3O3S/c1-19-7-6-16-9-11(8-14-16)15-20(17,18)12-4-2-10(13)3-5-12/h2-5,8-9,15H,6-7H2,1H3. The summed E-state index contributed by atoms with van der Waals surface area (Å²) in [6, 6.07) is 6.41. The number of hydrogen-bond acceptors (Lipinski definition) is 4. The molecule has 0 aliphatic rings. The minimum Gasteiger partial charge on any atom is -0.383 e. The van der Waals surface area contributed by atoms with Gasteiger partial charge in [0.2, 0.25) is 0 Å². The Morgan fingerprint density at radius 1 is 1.35 bits per heavy atom. The molecule has 2 aromatic rings. The zero-order valence-corrected chi connectivity index (χ0v) is 13.2. The predicted molar refractivity (Wildman–Crippen MR) is 79.1 cm³/mol. The fourth-order valence-electron chi connectivity index (χ4n) is 1.55. The van der Waals surface area contributed by atoms with E-state index in [9.17, 15) is 8.42 Å². The van der Waals surface area contributed by atoms with Gasteiger partial charge in [0.15, 0.2) is 0 Å². The number of benzene rings is 1. The maximum absolute atomic E-state index is 12.1. The number of nitrogens with zero attached hydrogens (tertiary/aromatic N) is 2. The molecule has 1 heterocycles. The molecule has 1 aromatic carbocycles. The van der Waals surface area contributed by atoms with E-state index in [1.54, 1.807) is 30.1 Å². The van der Waals surface area contributed by atoms with E-state index >= 15 is 0 Å². The summed E-state index contributed by atoms with van der Waals surface area (Å²) in [5.74, 6) is 0. The van der Waals surface area contributed by atoms with E-state index < -0.39 is 10.0 Å². The van der Waals surface area contributed by atoms with Crippen molar-refractivity contribution in [1.29, 1.82) is 0 Å². The van der Waals surface area contributed by atoms with Gasteiger partial charge in [0.1, 0.15) is 0 Å². The van der Waals surface area contributed by atoms with Crippen LogP contribution in [0.4, 0.5) is 5.69 Å². The molecule has 108 valence electrons. The molecule has 0 spiro atoms. The van der Waals surface area contributed by atoms with E-state index in [0.29, 0.717) is 18.8 Å². The second kappa shape index (κ2) is 6.38. The maximum atomic E-state index is 12.1. The second-order valence-electron chi connectivity index (χ2n) is 4.04. The fourth-order valence-corrected chi connectivity index (χ4v) is 2.84. The highest BCUT2D eigenvalue weighted by Gasteiger charge is 2.14. The van der Waals surface area contributed by atoms with E-state index in [0.717, 1.165) is 4.47 Å². The fraction of sp³-hybridized carbons (Fsp3) is 0.250. The number of rotatable bonds is 6. The van der Waals surface area contributed by atoms with Crippen LogP contribution in [-0.4, -0.2) is 31.9 Å². The topological polar surface area (TPSA) is 73.2 Å². The van der Waals surface area contributed by atoms with Crippen LogP contribution in [0.1, 0.15) is 0 Å². The van der Waals surface area contributed by atoms with E-state index in [4.69, 9.17) is 4.74 Å². The SMILES string of the molecule is COCCn1cc(NS(=O)(=O)c2ccc(Br)cc2)cn1. The van der Waals surface area contributed by atoms with Crippen molar-refractivity contribution in [3.05, 3.63) is 41.1 Å². The Morgan fingerprint density at radius 3 is 2.70 bits per heavy atom. The van der Waals surface area contributed by atoms with Gasteiger partial charge < -0.3 is 4.74 Å². The van der Waals surface area contributed by atoms with Crippen molar-refractivity contribution in [3.63, 3.8) is 0 Å². The molecule has 8 heteroatoms. The Kier molecular flexibility index (Phi) is 4.79. The Labute approximate surface area is 125 Å². The van der Waals surface area contributed by atoms with Crippen molar-refractivity contribution in [1.82, 2.24) is 9.78 Å². The third-order valence-corrected chi connectivity index (χ3v) is 4.46. The lowest BCUT2D eigenvalue weighted by Gasteiger charge is -2.05. The Morgan fingerprint density at radius 2 is 2.05 bits per heavy atom. The zero-order chi connectivity index (χ0) is 14.6. The van der Waals surface area contributed by atoms with Crippen LogP contribution in [0, 0.1) is 0 Å². The second-order valence-corrected chi connectivity index (χ2v) is 6.64. The molecule has 0 aliphatic carbocycles. The van der Waals surface area contributed by atoms with Gasteiger partial charge in [-0.25, -0.2) is 8.42 Å². The van der Waals surface area contributed by atoms with Crippen LogP contribution in [0.25, 0.3) is 0 Å².